The number of carbonyl (C=O) groups is 1. The molecule has 20 heavy (non-hydrogen) atoms. The minimum Gasteiger partial charge on any atom is -0.481 e. The average Bonchev–Trinajstić information content (AvgIpc) is 2.38. The number of amides is 1. The molecule has 4 nitrogen and oxygen atoms in total. The first kappa shape index (κ1) is 16.8. The Balaban J connectivity index is 2.65. The molecule has 0 spiro atoms. The number of rotatable bonds is 6. The van der Waals surface area contributed by atoms with Crippen LogP contribution in [-0.4, -0.2) is 29.8 Å². The third kappa shape index (κ3) is 4.69. The van der Waals surface area contributed by atoms with Gasteiger partial charge in [0, 0.05) is 5.02 Å². The summed E-state index contributed by atoms with van der Waals surface area (Å²) in [6.45, 7) is 7.34. The van der Waals surface area contributed by atoms with Gasteiger partial charge in [-0.2, -0.15) is 0 Å². The van der Waals surface area contributed by atoms with Gasteiger partial charge in [-0.05, 0) is 43.5 Å². The van der Waals surface area contributed by atoms with Crippen LogP contribution in [0.4, 0.5) is 0 Å². The van der Waals surface area contributed by atoms with Crippen molar-refractivity contribution in [1.29, 1.82) is 0 Å². The zero-order valence-corrected chi connectivity index (χ0v) is 13.1. The van der Waals surface area contributed by atoms with E-state index in [1.165, 1.54) is 0 Å². The SMILES string of the molecule is Cc1cc(Cl)ccc1OC(C)C(=O)NC(CO)C(C)C. The lowest BCUT2D eigenvalue weighted by atomic mass is 10.1. The first-order valence-electron chi connectivity index (χ1n) is 6.69. The van der Waals surface area contributed by atoms with Crippen LogP contribution in [0.25, 0.3) is 0 Å². The molecule has 0 fully saturated rings. The predicted octanol–water partition coefficient (Wildman–Crippen LogP) is 2.55. The molecule has 2 unspecified atom stereocenters. The fraction of sp³-hybridized carbons (Fsp3) is 0.533. The summed E-state index contributed by atoms with van der Waals surface area (Å²) in [6.07, 6.45) is -0.636. The molecule has 1 amide bonds. The lowest BCUT2D eigenvalue weighted by molar-refractivity contribution is -0.128. The van der Waals surface area contributed by atoms with E-state index in [2.05, 4.69) is 5.32 Å². The molecule has 0 aliphatic carbocycles. The van der Waals surface area contributed by atoms with Crippen LogP contribution in [-0.2, 0) is 4.79 Å². The highest BCUT2D eigenvalue weighted by atomic mass is 35.5. The molecule has 0 heterocycles. The Kier molecular flexibility index (Phi) is 6.30. The number of carbonyl (C=O) groups excluding carboxylic acids is 1. The van der Waals surface area contributed by atoms with Gasteiger partial charge in [0.1, 0.15) is 5.75 Å². The van der Waals surface area contributed by atoms with Crippen molar-refractivity contribution in [2.24, 2.45) is 5.92 Å². The average molecular weight is 300 g/mol. The van der Waals surface area contributed by atoms with Crippen molar-refractivity contribution in [3.63, 3.8) is 0 Å². The quantitative estimate of drug-likeness (QED) is 0.849. The summed E-state index contributed by atoms with van der Waals surface area (Å²) in [6, 6.07) is 4.98. The van der Waals surface area contributed by atoms with E-state index in [-0.39, 0.29) is 24.5 Å². The number of aliphatic hydroxyl groups is 1. The van der Waals surface area contributed by atoms with Gasteiger partial charge in [-0.1, -0.05) is 25.4 Å². The van der Waals surface area contributed by atoms with Crippen LogP contribution in [0.3, 0.4) is 0 Å². The van der Waals surface area contributed by atoms with Gasteiger partial charge in [0.15, 0.2) is 6.10 Å². The molecular formula is C15H22ClNO3. The first-order valence-corrected chi connectivity index (χ1v) is 7.07. The zero-order chi connectivity index (χ0) is 15.3. The molecular weight excluding hydrogens is 278 g/mol. The molecule has 1 aromatic rings. The Morgan fingerprint density at radius 3 is 2.55 bits per heavy atom. The minimum absolute atomic E-state index is 0.0872. The second-order valence-electron chi connectivity index (χ2n) is 5.21. The maximum absolute atomic E-state index is 12.0. The van der Waals surface area contributed by atoms with Gasteiger partial charge in [-0.25, -0.2) is 0 Å². The highest BCUT2D eigenvalue weighted by molar-refractivity contribution is 6.30. The van der Waals surface area contributed by atoms with Crippen LogP contribution in [0, 0.1) is 12.8 Å². The molecule has 112 valence electrons. The second kappa shape index (κ2) is 7.50. The topological polar surface area (TPSA) is 58.6 Å². The van der Waals surface area contributed by atoms with Crippen molar-refractivity contribution in [3.05, 3.63) is 28.8 Å². The lowest BCUT2D eigenvalue weighted by Crippen LogP contribution is -2.46. The molecule has 5 heteroatoms. The van der Waals surface area contributed by atoms with Crippen LogP contribution in [0.2, 0.25) is 5.02 Å². The Labute approximate surface area is 125 Å². The van der Waals surface area contributed by atoms with Crippen molar-refractivity contribution < 1.29 is 14.6 Å². The van der Waals surface area contributed by atoms with E-state index in [4.69, 9.17) is 16.3 Å². The van der Waals surface area contributed by atoms with Crippen molar-refractivity contribution in [2.45, 2.75) is 39.8 Å². The molecule has 1 aromatic carbocycles. The number of ether oxygens (including phenoxy) is 1. The van der Waals surface area contributed by atoms with Gasteiger partial charge < -0.3 is 15.2 Å². The summed E-state index contributed by atoms with van der Waals surface area (Å²) in [4.78, 5) is 12.0. The Bertz CT molecular complexity index is 462. The number of aliphatic hydroxyl groups excluding tert-OH is 1. The van der Waals surface area contributed by atoms with Gasteiger partial charge in [0.05, 0.1) is 12.6 Å². The second-order valence-corrected chi connectivity index (χ2v) is 5.65. The van der Waals surface area contributed by atoms with Crippen molar-refractivity contribution >= 4 is 17.5 Å². The predicted molar refractivity (Wildman–Crippen MR) is 80.1 cm³/mol. The summed E-state index contributed by atoms with van der Waals surface area (Å²) in [5.74, 6) is 0.544. The van der Waals surface area contributed by atoms with E-state index in [0.717, 1.165) is 5.56 Å². The molecule has 2 atom stereocenters. The largest absolute Gasteiger partial charge is 0.481 e. The van der Waals surface area contributed by atoms with Gasteiger partial charge in [0.2, 0.25) is 0 Å². The Hall–Kier alpha value is -1.26. The van der Waals surface area contributed by atoms with E-state index in [1.54, 1.807) is 25.1 Å². The van der Waals surface area contributed by atoms with E-state index in [1.807, 2.05) is 20.8 Å². The molecule has 2 N–H and O–H groups in total. The van der Waals surface area contributed by atoms with Gasteiger partial charge in [-0.15, -0.1) is 0 Å². The number of halogens is 1. The monoisotopic (exact) mass is 299 g/mol. The molecule has 0 aliphatic rings. The maximum atomic E-state index is 12.0. The minimum atomic E-state index is -0.636. The van der Waals surface area contributed by atoms with Crippen LogP contribution in [0.1, 0.15) is 26.3 Å². The summed E-state index contributed by atoms with van der Waals surface area (Å²) < 4.78 is 5.63. The van der Waals surface area contributed by atoms with E-state index in [9.17, 15) is 9.90 Å². The normalized spacial score (nSPS) is 13.9. The highest BCUT2D eigenvalue weighted by Crippen LogP contribution is 2.22. The summed E-state index contributed by atoms with van der Waals surface area (Å²) in [5, 5.41) is 12.6. The summed E-state index contributed by atoms with van der Waals surface area (Å²) in [5.41, 5.74) is 0.875. The fourth-order valence-corrected chi connectivity index (χ4v) is 1.94. The lowest BCUT2D eigenvalue weighted by Gasteiger charge is -2.23. The van der Waals surface area contributed by atoms with Crippen molar-refractivity contribution in [2.75, 3.05) is 6.61 Å². The summed E-state index contributed by atoms with van der Waals surface area (Å²) in [7, 11) is 0. The van der Waals surface area contributed by atoms with E-state index >= 15 is 0 Å². The Morgan fingerprint density at radius 1 is 1.40 bits per heavy atom. The van der Waals surface area contributed by atoms with E-state index in [0.29, 0.717) is 10.8 Å². The van der Waals surface area contributed by atoms with Gasteiger partial charge in [0.25, 0.3) is 5.91 Å². The highest BCUT2D eigenvalue weighted by Gasteiger charge is 2.21. The van der Waals surface area contributed by atoms with Gasteiger partial charge in [-0.3, -0.25) is 4.79 Å². The number of hydrogen-bond donors (Lipinski definition) is 2. The number of nitrogens with one attached hydrogen (secondary N) is 1. The fourth-order valence-electron chi connectivity index (χ4n) is 1.71. The standard InChI is InChI=1S/C15H22ClNO3/c1-9(2)13(8-18)17-15(19)11(4)20-14-6-5-12(16)7-10(14)3/h5-7,9,11,13,18H,8H2,1-4H3,(H,17,19). The van der Waals surface area contributed by atoms with Crippen molar-refractivity contribution in [1.82, 2.24) is 5.32 Å². The van der Waals surface area contributed by atoms with Crippen LogP contribution in [0.5, 0.6) is 5.75 Å². The molecule has 0 aliphatic heterocycles. The van der Waals surface area contributed by atoms with Crippen LogP contribution >= 0.6 is 11.6 Å². The number of aryl methyl sites for hydroxylation is 1. The van der Waals surface area contributed by atoms with Gasteiger partial charge >= 0.3 is 0 Å². The Morgan fingerprint density at radius 2 is 2.05 bits per heavy atom. The molecule has 0 aromatic heterocycles. The summed E-state index contributed by atoms with van der Waals surface area (Å²) >= 11 is 5.88. The smallest absolute Gasteiger partial charge is 0.261 e. The molecule has 0 saturated carbocycles. The molecule has 0 bridgehead atoms. The number of hydrogen-bond acceptors (Lipinski definition) is 3. The maximum Gasteiger partial charge on any atom is 0.261 e. The third-order valence-electron chi connectivity index (χ3n) is 3.14. The first-order chi connectivity index (χ1) is 9.35. The molecule has 0 radical (unpaired) electrons. The zero-order valence-electron chi connectivity index (χ0n) is 12.3. The van der Waals surface area contributed by atoms with Crippen LogP contribution in [0.15, 0.2) is 18.2 Å². The number of benzene rings is 1. The third-order valence-corrected chi connectivity index (χ3v) is 3.37. The van der Waals surface area contributed by atoms with E-state index < -0.39 is 6.10 Å². The van der Waals surface area contributed by atoms with Crippen LogP contribution < -0.4 is 10.1 Å². The molecule has 0 saturated heterocycles. The molecule has 1 rings (SSSR count). The van der Waals surface area contributed by atoms with Crippen molar-refractivity contribution in [3.8, 4) is 5.75 Å².